The number of unbranched alkanes of at least 4 members (excludes halogenated alkanes) is 22. The minimum atomic E-state index is -0.155. The molecule has 0 aromatic heterocycles. The molecule has 6 nitrogen and oxygen atoms in total. The molecule has 0 saturated heterocycles. The van der Waals surface area contributed by atoms with Gasteiger partial charge in [-0.25, -0.2) is 0 Å². The molecule has 0 fully saturated rings. The molecule has 4 amide bonds. The molecule has 2 atom stereocenters. The van der Waals surface area contributed by atoms with Gasteiger partial charge in [-0.05, 0) is 24.7 Å². The maximum absolute atomic E-state index is 11.7. The third-order valence-electron chi connectivity index (χ3n) is 11.2. The zero-order valence-electron chi connectivity index (χ0n) is 32.6. The quantitative estimate of drug-likeness (QED) is 0.0488. The number of imide groups is 2. The first-order chi connectivity index (χ1) is 24.5. The van der Waals surface area contributed by atoms with E-state index in [2.05, 4.69) is 13.8 Å². The Hall–Kier alpha value is -2.24. The lowest BCUT2D eigenvalue weighted by Crippen LogP contribution is -2.30. The van der Waals surface area contributed by atoms with Crippen molar-refractivity contribution >= 4 is 23.6 Å². The van der Waals surface area contributed by atoms with Gasteiger partial charge in [0.1, 0.15) is 0 Å². The lowest BCUT2D eigenvalue weighted by molar-refractivity contribution is -0.138. The van der Waals surface area contributed by atoms with Crippen molar-refractivity contribution in [3.05, 3.63) is 24.3 Å². The van der Waals surface area contributed by atoms with Crippen molar-refractivity contribution in [1.29, 1.82) is 0 Å². The van der Waals surface area contributed by atoms with Gasteiger partial charge >= 0.3 is 0 Å². The molecule has 2 rings (SSSR count). The summed E-state index contributed by atoms with van der Waals surface area (Å²) in [5, 5.41) is 0. The van der Waals surface area contributed by atoms with Gasteiger partial charge in [0.05, 0.1) is 0 Å². The van der Waals surface area contributed by atoms with Crippen LogP contribution in [0.3, 0.4) is 0 Å². The molecule has 0 aliphatic carbocycles. The average Bonchev–Trinajstić information content (AvgIpc) is 3.61. The summed E-state index contributed by atoms with van der Waals surface area (Å²) in [7, 11) is 0. The molecule has 286 valence electrons. The van der Waals surface area contributed by atoms with Crippen LogP contribution in [0.25, 0.3) is 0 Å². The highest BCUT2D eigenvalue weighted by Gasteiger charge is 2.23. The second-order valence-corrected chi connectivity index (χ2v) is 15.5. The molecule has 0 saturated carbocycles. The van der Waals surface area contributed by atoms with E-state index in [1.165, 1.54) is 201 Å². The van der Waals surface area contributed by atoms with Gasteiger partial charge in [0.2, 0.25) is 0 Å². The fourth-order valence-corrected chi connectivity index (χ4v) is 8.03. The van der Waals surface area contributed by atoms with E-state index in [9.17, 15) is 19.2 Å². The van der Waals surface area contributed by atoms with E-state index >= 15 is 0 Å². The van der Waals surface area contributed by atoms with E-state index in [4.69, 9.17) is 0 Å². The van der Waals surface area contributed by atoms with E-state index in [0.29, 0.717) is 13.1 Å². The van der Waals surface area contributed by atoms with Crippen LogP contribution in [0.15, 0.2) is 24.3 Å². The van der Waals surface area contributed by atoms with Crippen LogP contribution in [0, 0.1) is 11.8 Å². The third-order valence-corrected chi connectivity index (χ3v) is 11.2. The Morgan fingerprint density at radius 2 is 0.560 bits per heavy atom. The standard InChI is InChI=1S/C44H76N2O4/c1-3-5-7-9-17-23-29-39(31-25-19-13-11-15-21-27-37-45-41(47)33-34-42(45)48)40(30-24-18-10-8-6-4-2)32-26-20-14-12-16-22-28-38-46-43(49)35-36-44(46)50/h33-36,39-40H,3-32,37-38H2,1-2H3. The number of hydrogen-bond donors (Lipinski definition) is 0. The fourth-order valence-electron chi connectivity index (χ4n) is 8.03. The van der Waals surface area contributed by atoms with Crippen LogP contribution in [0.5, 0.6) is 0 Å². The molecular weight excluding hydrogens is 620 g/mol. The molecule has 0 aromatic carbocycles. The summed E-state index contributed by atoms with van der Waals surface area (Å²) in [6.07, 6.45) is 44.7. The Labute approximate surface area is 307 Å². The second-order valence-electron chi connectivity index (χ2n) is 15.5. The molecule has 2 aliphatic heterocycles. The van der Waals surface area contributed by atoms with Crippen LogP contribution in [-0.2, 0) is 19.2 Å². The maximum atomic E-state index is 11.7. The minimum absolute atomic E-state index is 0.155. The smallest absolute Gasteiger partial charge is 0.253 e. The van der Waals surface area contributed by atoms with Gasteiger partial charge in [-0.15, -0.1) is 0 Å². The molecule has 0 radical (unpaired) electrons. The van der Waals surface area contributed by atoms with Gasteiger partial charge in [0, 0.05) is 37.4 Å². The lowest BCUT2D eigenvalue weighted by Gasteiger charge is -2.28. The van der Waals surface area contributed by atoms with Crippen molar-refractivity contribution in [3.8, 4) is 0 Å². The highest BCUT2D eigenvalue weighted by molar-refractivity contribution is 6.13. The van der Waals surface area contributed by atoms with E-state index in [1.807, 2.05) is 0 Å². The Balaban J connectivity index is 1.73. The number of rotatable bonds is 35. The molecule has 0 bridgehead atoms. The maximum Gasteiger partial charge on any atom is 0.253 e. The third kappa shape index (κ3) is 20.0. The average molecular weight is 697 g/mol. The second kappa shape index (κ2) is 29.3. The Kier molecular flexibility index (Phi) is 25.8. The number of carbonyl (C=O) groups excluding carboxylic acids is 4. The summed E-state index contributed by atoms with van der Waals surface area (Å²) in [5.41, 5.74) is 0. The van der Waals surface area contributed by atoms with Crippen LogP contribution in [0.1, 0.15) is 206 Å². The molecule has 2 aliphatic rings. The van der Waals surface area contributed by atoms with E-state index in [-0.39, 0.29) is 23.6 Å². The zero-order valence-corrected chi connectivity index (χ0v) is 32.6. The first kappa shape index (κ1) is 43.9. The lowest BCUT2D eigenvalue weighted by atomic mass is 9.78. The molecule has 0 aromatic rings. The summed E-state index contributed by atoms with van der Waals surface area (Å²) in [4.78, 5) is 49.7. The summed E-state index contributed by atoms with van der Waals surface area (Å²) in [6.45, 7) is 5.74. The van der Waals surface area contributed by atoms with Crippen LogP contribution in [0.2, 0.25) is 0 Å². The van der Waals surface area contributed by atoms with Gasteiger partial charge in [0.25, 0.3) is 23.6 Å². The molecule has 6 heteroatoms. The van der Waals surface area contributed by atoms with E-state index in [1.54, 1.807) is 0 Å². The zero-order chi connectivity index (χ0) is 36.1. The number of carbonyl (C=O) groups is 4. The molecule has 0 N–H and O–H groups in total. The Morgan fingerprint density at radius 1 is 0.340 bits per heavy atom. The molecular formula is C44H76N2O4. The van der Waals surface area contributed by atoms with Crippen LogP contribution < -0.4 is 0 Å². The van der Waals surface area contributed by atoms with Crippen molar-refractivity contribution in [3.63, 3.8) is 0 Å². The largest absolute Gasteiger partial charge is 0.275 e. The highest BCUT2D eigenvalue weighted by Crippen LogP contribution is 2.34. The fraction of sp³-hybridized carbons (Fsp3) is 0.818. The van der Waals surface area contributed by atoms with E-state index < -0.39 is 0 Å². The summed E-state index contributed by atoms with van der Waals surface area (Å²) < 4.78 is 0. The van der Waals surface area contributed by atoms with Gasteiger partial charge in [-0.1, -0.05) is 194 Å². The number of hydrogen-bond acceptors (Lipinski definition) is 4. The normalized spacial score (nSPS) is 15.7. The van der Waals surface area contributed by atoms with Gasteiger partial charge in [-0.2, -0.15) is 0 Å². The predicted molar refractivity (Wildman–Crippen MR) is 209 cm³/mol. The van der Waals surface area contributed by atoms with E-state index in [0.717, 1.165) is 37.5 Å². The minimum Gasteiger partial charge on any atom is -0.275 e. The van der Waals surface area contributed by atoms with Crippen LogP contribution in [-0.4, -0.2) is 46.5 Å². The molecule has 0 spiro atoms. The number of amides is 4. The van der Waals surface area contributed by atoms with Gasteiger partial charge in [-0.3, -0.25) is 29.0 Å². The van der Waals surface area contributed by atoms with Gasteiger partial charge < -0.3 is 0 Å². The Morgan fingerprint density at radius 3 is 0.820 bits per heavy atom. The SMILES string of the molecule is CCCCCCCCC(CCCCCCCCCN1C(=O)C=CC1=O)C(CCCCCCCC)CCCCCCCCCN1C(=O)C=CC1=O. The predicted octanol–water partition coefficient (Wildman–Crippen LogP) is 11.8. The summed E-state index contributed by atoms with van der Waals surface area (Å²) >= 11 is 0. The molecule has 2 unspecified atom stereocenters. The van der Waals surface area contributed by atoms with Crippen molar-refractivity contribution in [1.82, 2.24) is 9.80 Å². The number of nitrogens with zero attached hydrogens (tertiary/aromatic N) is 2. The van der Waals surface area contributed by atoms with Crippen molar-refractivity contribution < 1.29 is 19.2 Å². The summed E-state index contributed by atoms with van der Waals surface area (Å²) in [6, 6.07) is 0. The van der Waals surface area contributed by atoms with Crippen LogP contribution >= 0.6 is 0 Å². The van der Waals surface area contributed by atoms with Crippen molar-refractivity contribution in [2.75, 3.05) is 13.1 Å². The monoisotopic (exact) mass is 697 g/mol. The van der Waals surface area contributed by atoms with Crippen LogP contribution in [0.4, 0.5) is 0 Å². The van der Waals surface area contributed by atoms with Gasteiger partial charge in [0.15, 0.2) is 0 Å². The first-order valence-electron chi connectivity index (χ1n) is 21.5. The summed E-state index contributed by atoms with van der Waals surface area (Å²) in [5.74, 6) is 1.14. The highest BCUT2D eigenvalue weighted by atomic mass is 16.2. The first-order valence-corrected chi connectivity index (χ1v) is 21.5. The molecule has 50 heavy (non-hydrogen) atoms. The molecule has 2 heterocycles. The topological polar surface area (TPSA) is 74.8 Å². The van der Waals surface area contributed by atoms with Crippen molar-refractivity contribution in [2.24, 2.45) is 11.8 Å². The van der Waals surface area contributed by atoms with Crippen molar-refractivity contribution in [2.45, 2.75) is 206 Å². The Bertz CT molecular complexity index is 875.